The van der Waals surface area contributed by atoms with Crippen molar-refractivity contribution in [1.29, 1.82) is 0 Å². The van der Waals surface area contributed by atoms with Crippen molar-refractivity contribution in [2.24, 2.45) is 5.41 Å². The van der Waals surface area contributed by atoms with E-state index in [1.54, 1.807) is 18.2 Å². The van der Waals surface area contributed by atoms with Gasteiger partial charge in [0.25, 0.3) is 0 Å². The number of ether oxygens (including phenoxy) is 2. The summed E-state index contributed by atoms with van der Waals surface area (Å²) in [5, 5.41) is 0. The summed E-state index contributed by atoms with van der Waals surface area (Å²) in [6.45, 7) is 4.98. The van der Waals surface area contributed by atoms with Gasteiger partial charge in [-0.1, -0.05) is 24.8 Å². The van der Waals surface area contributed by atoms with Gasteiger partial charge in [0.2, 0.25) is 0 Å². The summed E-state index contributed by atoms with van der Waals surface area (Å²) in [7, 11) is 2.47. The first-order valence-electron chi connectivity index (χ1n) is 4.47. The number of esters is 2. The number of allylic oxidation sites excluding steroid dienone is 3. The van der Waals surface area contributed by atoms with Crippen LogP contribution in [0.15, 0.2) is 24.8 Å². The van der Waals surface area contributed by atoms with E-state index >= 15 is 0 Å². The minimum atomic E-state index is -1.29. The van der Waals surface area contributed by atoms with Crippen LogP contribution in [0.25, 0.3) is 0 Å². The van der Waals surface area contributed by atoms with Crippen LogP contribution in [0.3, 0.4) is 0 Å². The maximum Gasteiger partial charge on any atom is 0.323 e. The van der Waals surface area contributed by atoms with Gasteiger partial charge in [-0.25, -0.2) is 0 Å². The zero-order valence-corrected chi connectivity index (χ0v) is 9.28. The summed E-state index contributed by atoms with van der Waals surface area (Å²) in [6.07, 6.45) is 5.11. The molecule has 0 heterocycles. The van der Waals surface area contributed by atoms with Crippen molar-refractivity contribution in [3.63, 3.8) is 0 Å². The average molecular weight is 212 g/mol. The molecular formula is C11H16O4. The van der Waals surface area contributed by atoms with Gasteiger partial charge in [-0.2, -0.15) is 0 Å². The summed E-state index contributed by atoms with van der Waals surface area (Å²) in [6, 6.07) is 0. The second kappa shape index (κ2) is 6.01. The van der Waals surface area contributed by atoms with E-state index in [4.69, 9.17) is 0 Å². The van der Waals surface area contributed by atoms with Gasteiger partial charge in [-0.15, -0.1) is 0 Å². The number of carbonyl (C=O) groups is 2. The van der Waals surface area contributed by atoms with Crippen LogP contribution in [-0.4, -0.2) is 26.2 Å². The lowest BCUT2D eigenvalue weighted by atomic mass is 9.86. The Balaban J connectivity index is 4.85. The van der Waals surface area contributed by atoms with Crippen LogP contribution >= 0.6 is 0 Å². The minimum absolute atomic E-state index is 0.221. The van der Waals surface area contributed by atoms with E-state index in [-0.39, 0.29) is 6.42 Å². The average Bonchev–Trinajstić information content (AvgIpc) is 2.26. The fraction of sp³-hybridized carbons (Fsp3) is 0.455. The van der Waals surface area contributed by atoms with Gasteiger partial charge < -0.3 is 9.47 Å². The highest BCUT2D eigenvalue weighted by Gasteiger charge is 2.42. The molecule has 0 unspecified atom stereocenters. The topological polar surface area (TPSA) is 52.6 Å². The molecule has 0 N–H and O–H groups in total. The van der Waals surface area contributed by atoms with Gasteiger partial charge >= 0.3 is 11.9 Å². The second-order valence-electron chi connectivity index (χ2n) is 3.18. The van der Waals surface area contributed by atoms with E-state index in [0.717, 1.165) is 0 Å². The number of carbonyl (C=O) groups excluding carboxylic acids is 2. The molecule has 0 bridgehead atoms. The Morgan fingerprint density at radius 2 is 1.73 bits per heavy atom. The zero-order chi connectivity index (χ0) is 11.9. The molecule has 0 saturated carbocycles. The van der Waals surface area contributed by atoms with Crippen LogP contribution in [0.1, 0.15) is 13.3 Å². The predicted octanol–water partition coefficient (Wildman–Crippen LogP) is 1.47. The molecule has 0 rings (SSSR count). The first-order chi connectivity index (χ1) is 7.02. The molecule has 0 aliphatic carbocycles. The Morgan fingerprint density at radius 1 is 1.27 bits per heavy atom. The largest absolute Gasteiger partial charge is 0.468 e. The van der Waals surface area contributed by atoms with Crippen LogP contribution in [0, 0.1) is 5.41 Å². The second-order valence-corrected chi connectivity index (χ2v) is 3.18. The standard InChI is InChI=1S/C11H16O4/c1-5-6-7-8-11(2,9(12)14-3)10(13)15-4/h5-7H,1,8H2,2-4H3/b7-6+. The lowest BCUT2D eigenvalue weighted by Gasteiger charge is -2.21. The molecule has 0 amide bonds. The molecule has 84 valence electrons. The molecule has 4 nitrogen and oxygen atoms in total. The number of hydrogen-bond donors (Lipinski definition) is 0. The SMILES string of the molecule is C=C/C=C/CC(C)(C(=O)OC)C(=O)OC. The van der Waals surface area contributed by atoms with Gasteiger partial charge in [0.1, 0.15) is 0 Å². The summed E-state index contributed by atoms with van der Waals surface area (Å²) in [5.41, 5.74) is -1.29. The maximum atomic E-state index is 11.4. The quantitative estimate of drug-likeness (QED) is 0.393. The van der Waals surface area contributed by atoms with Crippen LogP contribution < -0.4 is 0 Å². The molecule has 0 aliphatic rings. The molecule has 0 fully saturated rings. The van der Waals surface area contributed by atoms with Gasteiger partial charge in [-0.05, 0) is 13.3 Å². The zero-order valence-electron chi connectivity index (χ0n) is 9.28. The van der Waals surface area contributed by atoms with Crippen molar-refractivity contribution in [2.75, 3.05) is 14.2 Å². The predicted molar refractivity (Wildman–Crippen MR) is 56.1 cm³/mol. The van der Waals surface area contributed by atoms with Crippen LogP contribution in [0.2, 0.25) is 0 Å². The van der Waals surface area contributed by atoms with E-state index in [2.05, 4.69) is 16.1 Å². The number of rotatable bonds is 5. The molecule has 0 atom stereocenters. The van der Waals surface area contributed by atoms with Crippen molar-refractivity contribution in [3.8, 4) is 0 Å². The molecule has 4 heteroatoms. The fourth-order valence-electron chi connectivity index (χ4n) is 1.10. The Bertz CT molecular complexity index is 262. The fourth-order valence-corrected chi connectivity index (χ4v) is 1.10. The van der Waals surface area contributed by atoms with Crippen LogP contribution in [0.5, 0.6) is 0 Å². The van der Waals surface area contributed by atoms with Crippen LogP contribution in [0.4, 0.5) is 0 Å². The van der Waals surface area contributed by atoms with Crippen molar-refractivity contribution in [3.05, 3.63) is 24.8 Å². The highest BCUT2D eigenvalue weighted by Crippen LogP contribution is 2.25. The molecule has 0 aromatic rings. The molecule has 15 heavy (non-hydrogen) atoms. The Labute approximate surface area is 89.6 Å². The first-order valence-corrected chi connectivity index (χ1v) is 4.47. The normalized spacial score (nSPS) is 11.1. The molecule has 0 radical (unpaired) electrons. The van der Waals surface area contributed by atoms with E-state index in [9.17, 15) is 9.59 Å². The molecule has 0 saturated heterocycles. The summed E-state index contributed by atoms with van der Waals surface area (Å²) in [5.74, 6) is -1.22. The highest BCUT2D eigenvalue weighted by molar-refractivity contribution is 5.99. The van der Waals surface area contributed by atoms with Gasteiger partial charge in [0.05, 0.1) is 14.2 Å². The van der Waals surface area contributed by atoms with Gasteiger partial charge in [0, 0.05) is 0 Å². The van der Waals surface area contributed by atoms with Gasteiger partial charge in [0.15, 0.2) is 5.41 Å². The summed E-state index contributed by atoms with van der Waals surface area (Å²) < 4.78 is 9.14. The van der Waals surface area contributed by atoms with E-state index < -0.39 is 17.4 Å². The lowest BCUT2D eigenvalue weighted by Crippen LogP contribution is -2.38. The molecule has 0 spiro atoms. The molecular weight excluding hydrogens is 196 g/mol. The Kier molecular flexibility index (Phi) is 5.37. The van der Waals surface area contributed by atoms with Crippen LogP contribution in [-0.2, 0) is 19.1 Å². The Hall–Kier alpha value is -1.58. The highest BCUT2D eigenvalue weighted by atomic mass is 16.5. The van der Waals surface area contributed by atoms with Crippen molar-refractivity contribution < 1.29 is 19.1 Å². The molecule has 0 aromatic heterocycles. The number of methoxy groups -OCH3 is 2. The maximum absolute atomic E-state index is 11.4. The number of hydrogen-bond acceptors (Lipinski definition) is 4. The first kappa shape index (κ1) is 13.4. The smallest absolute Gasteiger partial charge is 0.323 e. The summed E-state index contributed by atoms with van der Waals surface area (Å²) >= 11 is 0. The molecule has 0 aromatic carbocycles. The summed E-state index contributed by atoms with van der Waals surface area (Å²) in [4.78, 5) is 22.9. The minimum Gasteiger partial charge on any atom is -0.468 e. The van der Waals surface area contributed by atoms with E-state index in [1.807, 2.05) is 0 Å². The monoisotopic (exact) mass is 212 g/mol. The third-order valence-corrected chi connectivity index (χ3v) is 2.07. The van der Waals surface area contributed by atoms with Crippen molar-refractivity contribution >= 4 is 11.9 Å². The van der Waals surface area contributed by atoms with E-state index in [1.165, 1.54) is 21.1 Å². The lowest BCUT2D eigenvalue weighted by molar-refractivity contribution is -0.167. The van der Waals surface area contributed by atoms with E-state index in [0.29, 0.717) is 0 Å². The third kappa shape index (κ3) is 3.23. The van der Waals surface area contributed by atoms with Crippen molar-refractivity contribution in [1.82, 2.24) is 0 Å². The third-order valence-electron chi connectivity index (χ3n) is 2.07. The van der Waals surface area contributed by atoms with Crippen molar-refractivity contribution in [2.45, 2.75) is 13.3 Å². The Morgan fingerprint density at radius 3 is 2.07 bits per heavy atom. The van der Waals surface area contributed by atoms with Gasteiger partial charge in [-0.3, -0.25) is 9.59 Å². The molecule has 0 aliphatic heterocycles.